The first kappa shape index (κ1) is 21.7. The zero-order chi connectivity index (χ0) is 22.7. The smallest absolute Gasteiger partial charge is 0.229 e. The summed E-state index contributed by atoms with van der Waals surface area (Å²) >= 11 is 6.09. The summed E-state index contributed by atoms with van der Waals surface area (Å²) in [5.74, 6) is 1.11. The van der Waals surface area contributed by atoms with Gasteiger partial charge < -0.3 is 19.7 Å². The van der Waals surface area contributed by atoms with Gasteiger partial charge in [0.1, 0.15) is 17.2 Å². The molecule has 0 spiro atoms. The Morgan fingerprint density at radius 1 is 1.03 bits per heavy atom. The van der Waals surface area contributed by atoms with Gasteiger partial charge in [-0.25, -0.2) is 0 Å². The van der Waals surface area contributed by atoms with E-state index < -0.39 is 5.92 Å². The van der Waals surface area contributed by atoms with Gasteiger partial charge >= 0.3 is 0 Å². The molecule has 1 fully saturated rings. The predicted octanol–water partition coefficient (Wildman–Crippen LogP) is 5.44. The second-order valence-corrected chi connectivity index (χ2v) is 8.09. The number of carbonyl (C=O) groups is 2. The maximum absolute atomic E-state index is 12.8. The fourth-order valence-electron chi connectivity index (χ4n) is 3.58. The summed E-state index contributed by atoms with van der Waals surface area (Å²) in [5.41, 5.74) is 2.36. The molecule has 4 rings (SSSR count). The molecular formula is C25H23ClN2O4. The van der Waals surface area contributed by atoms with E-state index in [0.29, 0.717) is 27.9 Å². The Morgan fingerprint density at radius 3 is 2.34 bits per heavy atom. The Bertz CT molecular complexity index is 1130. The van der Waals surface area contributed by atoms with Crippen molar-refractivity contribution in [2.24, 2.45) is 5.92 Å². The van der Waals surface area contributed by atoms with E-state index in [1.165, 1.54) is 7.11 Å². The molecule has 1 atom stereocenters. The van der Waals surface area contributed by atoms with Gasteiger partial charge in [0.2, 0.25) is 11.8 Å². The Morgan fingerprint density at radius 2 is 1.69 bits per heavy atom. The summed E-state index contributed by atoms with van der Waals surface area (Å²) in [6.07, 6.45) is 0.121. The van der Waals surface area contributed by atoms with Gasteiger partial charge in [0.25, 0.3) is 0 Å². The summed E-state index contributed by atoms with van der Waals surface area (Å²) in [6.45, 7) is 2.28. The van der Waals surface area contributed by atoms with Gasteiger partial charge in [-0.1, -0.05) is 29.3 Å². The van der Waals surface area contributed by atoms with E-state index in [1.54, 1.807) is 47.4 Å². The third kappa shape index (κ3) is 4.86. The Hall–Kier alpha value is -3.51. The van der Waals surface area contributed by atoms with Crippen LogP contribution in [0.1, 0.15) is 12.0 Å². The van der Waals surface area contributed by atoms with Crippen LogP contribution in [0.3, 0.4) is 0 Å². The van der Waals surface area contributed by atoms with Crippen LogP contribution in [0.5, 0.6) is 17.2 Å². The van der Waals surface area contributed by atoms with E-state index in [0.717, 1.165) is 11.3 Å². The van der Waals surface area contributed by atoms with Crippen molar-refractivity contribution in [1.29, 1.82) is 0 Å². The van der Waals surface area contributed by atoms with Crippen LogP contribution in [-0.4, -0.2) is 25.5 Å². The Kier molecular flexibility index (Phi) is 6.32. The number of nitrogens with zero attached hydrogens (tertiary/aromatic N) is 1. The highest BCUT2D eigenvalue weighted by Gasteiger charge is 2.36. The fraction of sp³-hybridized carbons (Fsp3) is 0.200. The van der Waals surface area contributed by atoms with Crippen LogP contribution >= 0.6 is 11.6 Å². The minimum Gasteiger partial charge on any atom is -0.495 e. The van der Waals surface area contributed by atoms with Gasteiger partial charge in [-0.3, -0.25) is 9.59 Å². The van der Waals surface area contributed by atoms with Crippen molar-refractivity contribution in [3.8, 4) is 17.2 Å². The van der Waals surface area contributed by atoms with Crippen molar-refractivity contribution in [3.63, 3.8) is 0 Å². The van der Waals surface area contributed by atoms with Crippen LogP contribution in [0, 0.1) is 12.8 Å². The molecule has 1 aliphatic heterocycles. The van der Waals surface area contributed by atoms with Crippen LogP contribution in [0.15, 0.2) is 66.7 Å². The minimum absolute atomic E-state index is 0.121. The number of methoxy groups -OCH3 is 1. The summed E-state index contributed by atoms with van der Waals surface area (Å²) in [7, 11) is 1.53. The fourth-order valence-corrected chi connectivity index (χ4v) is 3.75. The van der Waals surface area contributed by atoms with Gasteiger partial charge in [0, 0.05) is 23.7 Å². The number of nitrogens with one attached hydrogen (secondary N) is 1. The highest BCUT2D eigenvalue weighted by Crippen LogP contribution is 2.35. The first-order valence-electron chi connectivity index (χ1n) is 10.2. The van der Waals surface area contributed by atoms with E-state index in [2.05, 4.69) is 5.32 Å². The summed E-state index contributed by atoms with van der Waals surface area (Å²) in [5, 5.41) is 3.38. The van der Waals surface area contributed by atoms with Crippen LogP contribution < -0.4 is 19.7 Å². The Labute approximate surface area is 191 Å². The molecule has 0 unspecified atom stereocenters. The van der Waals surface area contributed by atoms with Crippen molar-refractivity contribution >= 4 is 34.8 Å². The minimum atomic E-state index is -0.477. The van der Waals surface area contributed by atoms with Gasteiger partial charge in [-0.2, -0.15) is 0 Å². The van der Waals surface area contributed by atoms with E-state index in [9.17, 15) is 9.59 Å². The molecule has 0 radical (unpaired) electrons. The molecule has 3 aromatic rings. The van der Waals surface area contributed by atoms with E-state index in [4.69, 9.17) is 21.1 Å². The molecule has 1 heterocycles. The standard InChI is InChI=1S/C25H23ClN2O4/c1-16-3-8-20(9-4-16)32-21-10-6-19(7-11-21)27-25(30)17-13-24(29)28(15-17)22-14-18(26)5-12-23(22)31-2/h3-12,14,17H,13,15H2,1-2H3,(H,27,30)/t17-/m0/s1. The molecule has 1 aliphatic rings. The number of carbonyl (C=O) groups excluding carboxylic acids is 2. The molecule has 32 heavy (non-hydrogen) atoms. The number of ether oxygens (including phenoxy) is 2. The second kappa shape index (κ2) is 9.32. The molecule has 7 heteroatoms. The number of hydrogen-bond acceptors (Lipinski definition) is 4. The maximum Gasteiger partial charge on any atom is 0.229 e. The zero-order valence-electron chi connectivity index (χ0n) is 17.8. The molecule has 1 N–H and O–H groups in total. The number of aryl methyl sites for hydroxylation is 1. The van der Waals surface area contributed by atoms with Crippen LogP contribution in [0.2, 0.25) is 5.02 Å². The first-order valence-corrected chi connectivity index (χ1v) is 10.6. The van der Waals surface area contributed by atoms with Gasteiger partial charge in [0.05, 0.1) is 18.7 Å². The average Bonchev–Trinajstić information content (AvgIpc) is 3.18. The molecule has 164 valence electrons. The normalized spacial score (nSPS) is 15.5. The van der Waals surface area contributed by atoms with Crippen molar-refractivity contribution in [2.45, 2.75) is 13.3 Å². The first-order chi connectivity index (χ1) is 15.4. The molecule has 0 bridgehead atoms. The zero-order valence-corrected chi connectivity index (χ0v) is 18.6. The molecule has 0 aliphatic carbocycles. The lowest BCUT2D eigenvalue weighted by atomic mass is 10.1. The van der Waals surface area contributed by atoms with Gasteiger partial charge in [-0.15, -0.1) is 0 Å². The van der Waals surface area contributed by atoms with Crippen LogP contribution in [0.4, 0.5) is 11.4 Å². The van der Waals surface area contributed by atoms with Crippen molar-refractivity contribution in [3.05, 3.63) is 77.3 Å². The van der Waals surface area contributed by atoms with E-state index in [-0.39, 0.29) is 24.8 Å². The highest BCUT2D eigenvalue weighted by atomic mass is 35.5. The summed E-state index contributed by atoms with van der Waals surface area (Å²) < 4.78 is 11.2. The second-order valence-electron chi connectivity index (χ2n) is 7.65. The number of benzene rings is 3. The third-order valence-electron chi connectivity index (χ3n) is 5.31. The monoisotopic (exact) mass is 450 g/mol. The molecule has 2 amide bonds. The largest absolute Gasteiger partial charge is 0.495 e. The lowest BCUT2D eigenvalue weighted by Gasteiger charge is -2.20. The van der Waals surface area contributed by atoms with Crippen molar-refractivity contribution in [2.75, 3.05) is 23.9 Å². The molecule has 0 saturated carbocycles. The molecule has 6 nitrogen and oxygen atoms in total. The van der Waals surface area contributed by atoms with Crippen molar-refractivity contribution in [1.82, 2.24) is 0 Å². The van der Waals surface area contributed by atoms with E-state index >= 15 is 0 Å². The number of anilines is 2. The third-order valence-corrected chi connectivity index (χ3v) is 5.54. The van der Waals surface area contributed by atoms with Crippen molar-refractivity contribution < 1.29 is 19.1 Å². The lowest BCUT2D eigenvalue weighted by molar-refractivity contribution is -0.122. The maximum atomic E-state index is 12.8. The number of rotatable bonds is 6. The SMILES string of the molecule is COc1ccc(Cl)cc1N1C[C@@H](C(=O)Nc2ccc(Oc3ccc(C)cc3)cc2)CC1=O. The summed E-state index contributed by atoms with van der Waals surface area (Å²) in [4.78, 5) is 26.9. The predicted molar refractivity (Wildman–Crippen MR) is 125 cm³/mol. The van der Waals surface area contributed by atoms with Gasteiger partial charge in [-0.05, 0) is 61.5 Å². The Balaban J connectivity index is 1.39. The molecule has 1 saturated heterocycles. The average molecular weight is 451 g/mol. The molecule has 0 aromatic heterocycles. The summed E-state index contributed by atoms with van der Waals surface area (Å²) in [6, 6.07) is 20.0. The lowest BCUT2D eigenvalue weighted by Crippen LogP contribution is -2.28. The number of hydrogen-bond donors (Lipinski definition) is 1. The highest BCUT2D eigenvalue weighted by molar-refractivity contribution is 6.31. The molecular weight excluding hydrogens is 428 g/mol. The van der Waals surface area contributed by atoms with E-state index in [1.807, 2.05) is 31.2 Å². The topological polar surface area (TPSA) is 67.9 Å². The quantitative estimate of drug-likeness (QED) is 0.543. The van der Waals surface area contributed by atoms with Gasteiger partial charge in [0.15, 0.2) is 0 Å². The van der Waals surface area contributed by atoms with Crippen LogP contribution in [0.25, 0.3) is 0 Å². The van der Waals surface area contributed by atoms with Crippen LogP contribution in [-0.2, 0) is 9.59 Å². The molecule has 3 aromatic carbocycles. The number of amides is 2. The number of halogens is 1.